The number of fused-ring (bicyclic) bond motifs is 1. The molecule has 3 nitrogen and oxygen atoms in total. The van der Waals surface area contributed by atoms with Gasteiger partial charge in [-0.15, -0.1) is 0 Å². The maximum atomic E-state index is 10.6. The molecule has 0 unspecified atom stereocenters. The number of nitrogens with one attached hydrogen (secondary N) is 1. The number of aromatic amines is 1. The summed E-state index contributed by atoms with van der Waals surface area (Å²) in [6.07, 6.45) is 1.73. The van der Waals surface area contributed by atoms with Gasteiger partial charge in [0.05, 0.1) is 0 Å². The molecule has 0 aliphatic carbocycles. The lowest BCUT2D eigenvalue weighted by Crippen LogP contribution is -1.92. The van der Waals surface area contributed by atoms with Crippen molar-refractivity contribution in [2.45, 2.75) is 0 Å². The van der Waals surface area contributed by atoms with Crippen molar-refractivity contribution in [3.05, 3.63) is 34.8 Å². The van der Waals surface area contributed by atoms with E-state index in [4.69, 9.17) is 4.42 Å². The average Bonchev–Trinajstić information content (AvgIpc) is 2.33. The summed E-state index contributed by atoms with van der Waals surface area (Å²) in [6, 6.07) is 4.96. The first-order valence-corrected chi connectivity index (χ1v) is 2.93. The third-order valence-corrected chi connectivity index (χ3v) is 1.34. The number of hydrogen-bond donors (Lipinski definition) is 1. The molecule has 1 N–H and O–H groups in total. The van der Waals surface area contributed by atoms with E-state index < -0.39 is 0 Å². The lowest BCUT2D eigenvalue weighted by atomic mass is 10.4. The van der Waals surface area contributed by atoms with E-state index in [2.05, 4.69) is 4.98 Å². The predicted molar refractivity (Wildman–Crippen MR) is 36.8 cm³/mol. The minimum absolute atomic E-state index is 0.324. The first-order valence-electron chi connectivity index (χ1n) is 2.93. The van der Waals surface area contributed by atoms with Crippen LogP contribution >= 0.6 is 0 Å². The molecule has 0 atom stereocenters. The van der Waals surface area contributed by atoms with Crippen LogP contribution in [0.2, 0.25) is 0 Å². The summed E-state index contributed by atoms with van der Waals surface area (Å²) < 4.78 is 4.79. The predicted octanol–water partition coefficient (Wildman–Crippen LogP) is 1.12. The molecule has 0 spiro atoms. The highest BCUT2D eigenvalue weighted by Gasteiger charge is 1.93. The third-order valence-electron chi connectivity index (χ3n) is 1.34. The van der Waals surface area contributed by atoms with Crippen LogP contribution in [-0.4, -0.2) is 4.98 Å². The van der Waals surface area contributed by atoms with Crippen LogP contribution in [0, 0.1) is 0 Å². The topological polar surface area (TPSA) is 46.0 Å². The molecular formula is C7H5NO2. The quantitative estimate of drug-likeness (QED) is 0.588. The van der Waals surface area contributed by atoms with E-state index in [9.17, 15) is 4.79 Å². The molecule has 2 aromatic rings. The molecule has 3 heteroatoms. The molecule has 0 aromatic carbocycles. The molecule has 0 saturated carbocycles. The van der Waals surface area contributed by atoms with E-state index in [1.807, 2.05) is 6.07 Å². The molecule has 2 aromatic heterocycles. The Morgan fingerprint density at radius 3 is 3.10 bits per heavy atom. The SMILES string of the molecule is O=c1ccc2cc[nH]c2o1. The van der Waals surface area contributed by atoms with Crippen molar-refractivity contribution < 1.29 is 4.42 Å². The summed E-state index contributed by atoms with van der Waals surface area (Å²) in [6.45, 7) is 0. The molecule has 0 fully saturated rings. The average molecular weight is 135 g/mol. The van der Waals surface area contributed by atoms with Gasteiger partial charge in [-0.05, 0) is 12.1 Å². The van der Waals surface area contributed by atoms with Crippen LogP contribution in [0.3, 0.4) is 0 Å². The molecule has 0 saturated heterocycles. The molecule has 2 heterocycles. The number of rotatable bonds is 0. The van der Waals surface area contributed by atoms with E-state index in [0.29, 0.717) is 5.71 Å². The first kappa shape index (κ1) is 5.29. The maximum Gasteiger partial charge on any atom is 0.337 e. The fourth-order valence-corrected chi connectivity index (χ4v) is 0.878. The second kappa shape index (κ2) is 1.73. The molecule has 10 heavy (non-hydrogen) atoms. The second-order valence-electron chi connectivity index (χ2n) is 2.02. The Labute approximate surface area is 56.3 Å². The van der Waals surface area contributed by atoms with Gasteiger partial charge in [-0.2, -0.15) is 0 Å². The van der Waals surface area contributed by atoms with Gasteiger partial charge >= 0.3 is 5.63 Å². The van der Waals surface area contributed by atoms with E-state index >= 15 is 0 Å². The highest BCUT2D eigenvalue weighted by molar-refractivity contribution is 5.72. The minimum atomic E-state index is -0.324. The zero-order valence-electron chi connectivity index (χ0n) is 5.13. The van der Waals surface area contributed by atoms with Crippen molar-refractivity contribution in [3.63, 3.8) is 0 Å². The van der Waals surface area contributed by atoms with E-state index in [1.54, 1.807) is 12.3 Å². The summed E-state index contributed by atoms with van der Waals surface area (Å²) in [5.74, 6) is 0. The minimum Gasteiger partial charge on any atom is -0.406 e. The molecule has 0 aliphatic heterocycles. The molecule has 0 radical (unpaired) electrons. The summed E-state index contributed by atoms with van der Waals surface area (Å²) >= 11 is 0. The van der Waals surface area contributed by atoms with Crippen molar-refractivity contribution in [2.75, 3.05) is 0 Å². The van der Waals surface area contributed by atoms with Crippen LogP contribution < -0.4 is 5.63 Å². The van der Waals surface area contributed by atoms with Crippen molar-refractivity contribution in [1.82, 2.24) is 4.98 Å². The van der Waals surface area contributed by atoms with Gasteiger partial charge in [0.1, 0.15) is 0 Å². The van der Waals surface area contributed by atoms with Crippen LogP contribution in [0.15, 0.2) is 33.6 Å². The summed E-state index contributed by atoms with van der Waals surface area (Å²) in [5, 5.41) is 0.916. The van der Waals surface area contributed by atoms with Gasteiger partial charge in [-0.3, -0.25) is 0 Å². The van der Waals surface area contributed by atoms with Crippen molar-refractivity contribution >= 4 is 11.1 Å². The normalized spacial score (nSPS) is 10.4. The second-order valence-corrected chi connectivity index (χ2v) is 2.02. The van der Waals surface area contributed by atoms with Gasteiger partial charge in [0, 0.05) is 17.6 Å². The van der Waals surface area contributed by atoms with E-state index in [1.165, 1.54) is 6.07 Å². The van der Waals surface area contributed by atoms with E-state index in [-0.39, 0.29) is 5.63 Å². The van der Waals surface area contributed by atoms with Crippen molar-refractivity contribution in [1.29, 1.82) is 0 Å². The van der Waals surface area contributed by atoms with Crippen LogP contribution in [-0.2, 0) is 0 Å². The molecule has 0 bridgehead atoms. The standard InChI is InChI=1S/C7H5NO2/c9-6-2-1-5-3-4-8-7(5)10-6/h1-4,8H. The largest absolute Gasteiger partial charge is 0.406 e. The highest BCUT2D eigenvalue weighted by Crippen LogP contribution is 2.06. The monoisotopic (exact) mass is 135 g/mol. The van der Waals surface area contributed by atoms with Crippen LogP contribution in [0.25, 0.3) is 11.1 Å². The van der Waals surface area contributed by atoms with Crippen LogP contribution in [0.5, 0.6) is 0 Å². The fraction of sp³-hybridized carbons (Fsp3) is 0. The molecule has 0 amide bonds. The Balaban J connectivity index is 2.99. The highest BCUT2D eigenvalue weighted by atomic mass is 16.4. The summed E-state index contributed by atoms with van der Waals surface area (Å²) in [4.78, 5) is 13.4. The van der Waals surface area contributed by atoms with Gasteiger partial charge in [0.2, 0.25) is 5.71 Å². The summed E-state index contributed by atoms with van der Waals surface area (Å²) in [7, 11) is 0. The zero-order valence-corrected chi connectivity index (χ0v) is 5.13. The molecule has 2 rings (SSSR count). The Kier molecular flexibility index (Phi) is 0.917. The number of hydrogen-bond acceptors (Lipinski definition) is 2. The third kappa shape index (κ3) is 0.639. The van der Waals surface area contributed by atoms with E-state index in [0.717, 1.165) is 5.39 Å². The lowest BCUT2D eigenvalue weighted by Gasteiger charge is -1.82. The van der Waals surface area contributed by atoms with Crippen molar-refractivity contribution in [2.24, 2.45) is 0 Å². The molecular weight excluding hydrogens is 130 g/mol. The Morgan fingerprint density at radius 1 is 1.30 bits per heavy atom. The van der Waals surface area contributed by atoms with Gasteiger partial charge in [-0.1, -0.05) is 0 Å². The van der Waals surface area contributed by atoms with Gasteiger partial charge < -0.3 is 9.40 Å². The summed E-state index contributed by atoms with van der Waals surface area (Å²) in [5.41, 5.74) is 0.211. The van der Waals surface area contributed by atoms with Crippen LogP contribution in [0.4, 0.5) is 0 Å². The fourth-order valence-electron chi connectivity index (χ4n) is 0.878. The zero-order chi connectivity index (χ0) is 6.97. The van der Waals surface area contributed by atoms with Crippen LogP contribution in [0.1, 0.15) is 0 Å². The van der Waals surface area contributed by atoms with Gasteiger partial charge in [0.25, 0.3) is 0 Å². The molecule has 0 aliphatic rings. The Bertz CT molecular complexity index is 399. The Morgan fingerprint density at radius 2 is 2.20 bits per heavy atom. The van der Waals surface area contributed by atoms with Gasteiger partial charge in [0.15, 0.2) is 0 Å². The lowest BCUT2D eigenvalue weighted by molar-refractivity contribution is 0.551. The number of H-pyrrole nitrogens is 1. The Hall–Kier alpha value is -1.51. The maximum absolute atomic E-state index is 10.6. The van der Waals surface area contributed by atoms with Crippen molar-refractivity contribution in [3.8, 4) is 0 Å². The first-order chi connectivity index (χ1) is 4.86. The van der Waals surface area contributed by atoms with Gasteiger partial charge in [-0.25, -0.2) is 4.79 Å². The number of aromatic nitrogens is 1. The smallest absolute Gasteiger partial charge is 0.337 e. The molecule has 50 valence electrons.